The van der Waals surface area contributed by atoms with Gasteiger partial charge in [0, 0.05) is 17.3 Å². The number of nitrogens with one attached hydrogen (secondary N) is 1. The quantitative estimate of drug-likeness (QED) is 0.869. The van der Waals surface area contributed by atoms with Crippen molar-refractivity contribution < 1.29 is 14.3 Å². The molecule has 0 atom stereocenters. The number of benzene rings is 1. The monoisotopic (exact) mass is 350 g/mol. The Bertz CT molecular complexity index is 802. The molecule has 128 valence electrons. The third kappa shape index (κ3) is 4.08. The number of hydrogen-bond donors (Lipinski definition) is 1. The maximum absolute atomic E-state index is 12.3. The van der Waals surface area contributed by atoms with Crippen LogP contribution in [0.1, 0.15) is 12.5 Å². The fourth-order valence-electron chi connectivity index (χ4n) is 2.18. The maximum Gasteiger partial charge on any atom is 0.293 e. The number of hydrogen-bond acceptors (Lipinski definition) is 4. The molecule has 0 saturated heterocycles. The van der Waals surface area contributed by atoms with Crippen molar-refractivity contribution in [3.8, 4) is 11.5 Å². The SMILES string of the molecule is CCOc1cccn(CC(=O)Nc2cc(C)c(Cl)cc2OC)c1=O. The van der Waals surface area contributed by atoms with Crippen LogP contribution >= 0.6 is 11.6 Å². The highest BCUT2D eigenvalue weighted by atomic mass is 35.5. The molecule has 2 aromatic rings. The molecule has 24 heavy (non-hydrogen) atoms. The Morgan fingerprint density at radius 2 is 2.08 bits per heavy atom. The van der Waals surface area contributed by atoms with Gasteiger partial charge in [-0.15, -0.1) is 0 Å². The van der Waals surface area contributed by atoms with Crippen LogP contribution < -0.4 is 20.3 Å². The van der Waals surface area contributed by atoms with Crippen molar-refractivity contribution in [3.63, 3.8) is 0 Å². The zero-order valence-electron chi connectivity index (χ0n) is 13.8. The average molecular weight is 351 g/mol. The van der Waals surface area contributed by atoms with E-state index >= 15 is 0 Å². The van der Waals surface area contributed by atoms with E-state index in [1.165, 1.54) is 17.9 Å². The Balaban J connectivity index is 2.19. The van der Waals surface area contributed by atoms with Gasteiger partial charge < -0.3 is 19.4 Å². The van der Waals surface area contributed by atoms with E-state index in [2.05, 4.69) is 5.32 Å². The highest BCUT2D eigenvalue weighted by molar-refractivity contribution is 6.31. The minimum Gasteiger partial charge on any atom is -0.495 e. The zero-order chi connectivity index (χ0) is 17.7. The van der Waals surface area contributed by atoms with Gasteiger partial charge in [0.1, 0.15) is 12.3 Å². The van der Waals surface area contributed by atoms with Crippen LogP contribution in [-0.2, 0) is 11.3 Å². The molecule has 1 aromatic heterocycles. The van der Waals surface area contributed by atoms with Crippen LogP contribution in [0, 0.1) is 6.92 Å². The predicted molar refractivity (Wildman–Crippen MR) is 93.2 cm³/mol. The number of carbonyl (C=O) groups excluding carboxylic acids is 1. The largest absolute Gasteiger partial charge is 0.495 e. The lowest BCUT2D eigenvalue weighted by atomic mass is 10.2. The summed E-state index contributed by atoms with van der Waals surface area (Å²) in [5, 5.41) is 3.28. The Morgan fingerprint density at radius 1 is 1.33 bits per heavy atom. The summed E-state index contributed by atoms with van der Waals surface area (Å²) in [6.07, 6.45) is 1.54. The third-order valence-corrected chi connectivity index (χ3v) is 3.76. The molecule has 0 unspecified atom stereocenters. The van der Waals surface area contributed by atoms with Gasteiger partial charge in [0.15, 0.2) is 5.75 Å². The van der Waals surface area contributed by atoms with Gasteiger partial charge in [-0.05, 0) is 37.6 Å². The van der Waals surface area contributed by atoms with E-state index in [1.54, 1.807) is 31.2 Å². The minimum atomic E-state index is -0.356. The summed E-state index contributed by atoms with van der Waals surface area (Å²) in [4.78, 5) is 24.5. The highest BCUT2D eigenvalue weighted by Gasteiger charge is 2.12. The van der Waals surface area contributed by atoms with Crippen LogP contribution in [0.3, 0.4) is 0 Å². The van der Waals surface area contributed by atoms with Crippen LogP contribution in [-0.4, -0.2) is 24.2 Å². The molecule has 1 aromatic carbocycles. The first-order chi connectivity index (χ1) is 11.5. The second-order valence-corrected chi connectivity index (χ2v) is 5.50. The summed E-state index contributed by atoms with van der Waals surface area (Å²) in [7, 11) is 1.49. The molecule has 1 N–H and O–H groups in total. The fraction of sp³-hybridized carbons (Fsp3) is 0.294. The average Bonchev–Trinajstić information content (AvgIpc) is 2.54. The maximum atomic E-state index is 12.3. The third-order valence-electron chi connectivity index (χ3n) is 3.35. The van der Waals surface area contributed by atoms with Gasteiger partial charge in [-0.2, -0.15) is 0 Å². The summed E-state index contributed by atoms with van der Waals surface area (Å²) in [6, 6.07) is 6.59. The number of carbonyl (C=O) groups is 1. The summed E-state index contributed by atoms with van der Waals surface area (Å²) in [5.41, 5.74) is 0.954. The topological polar surface area (TPSA) is 69.6 Å². The molecule has 7 heteroatoms. The van der Waals surface area contributed by atoms with Crippen LogP contribution in [0.4, 0.5) is 5.69 Å². The van der Waals surface area contributed by atoms with Crippen molar-refractivity contribution >= 4 is 23.2 Å². The Morgan fingerprint density at radius 3 is 2.75 bits per heavy atom. The molecule has 0 spiro atoms. The fourth-order valence-corrected chi connectivity index (χ4v) is 2.33. The van der Waals surface area contributed by atoms with Crippen molar-refractivity contribution in [3.05, 3.63) is 51.4 Å². The second-order valence-electron chi connectivity index (χ2n) is 5.09. The molecular formula is C17H19ClN2O4. The lowest BCUT2D eigenvalue weighted by Crippen LogP contribution is -2.28. The van der Waals surface area contributed by atoms with Gasteiger partial charge in [0.25, 0.3) is 5.56 Å². The normalized spacial score (nSPS) is 10.3. The molecule has 0 radical (unpaired) electrons. The van der Waals surface area contributed by atoms with Crippen LogP contribution in [0.25, 0.3) is 0 Å². The Labute approximate surface area is 145 Å². The van der Waals surface area contributed by atoms with Gasteiger partial charge in [0.2, 0.25) is 5.91 Å². The summed E-state index contributed by atoms with van der Waals surface area (Å²) < 4.78 is 11.7. The van der Waals surface area contributed by atoms with E-state index in [-0.39, 0.29) is 23.8 Å². The molecule has 1 amide bonds. The summed E-state index contributed by atoms with van der Waals surface area (Å²) in [5.74, 6) is 0.313. The number of amides is 1. The molecular weight excluding hydrogens is 332 g/mol. The number of methoxy groups -OCH3 is 1. The van der Waals surface area contributed by atoms with Crippen LogP contribution in [0.15, 0.2) is 35.3 Å². The van der Waals surface area contributed by atoms with E-state index in [1.807, 2.05) is 6.92 Å². The highest BCUT2D eigenvalue weighted by Crippen LogP contribution is 2.30. The lowest BCUT2D eigenvalue weighted by molar-refractivity contribution is -0.116. The number of aromatic nitrogens is 1. The smallest absolute Gasteiger partial charge is 0.293 e. The van der Waals surface area contributed by atoms with Gasteiger partial charge in [-0.1, -0.05) is 11.6 Å². The van der Waals surface area contributed by atoms with Gasteiger partial charge in [0.05, 0.1) is 19.4 Å². The van der Waals surface area contributed by atoms with Gasteiger partial charge >= 0.3 is 0 Å². The van der Waals surface area contributed by atoms with E-state index in [9.17, 15) is 9.59 Å². The Hall–Kier alpha value is -2.47. The van der Waals surface area contributed by atoms with Crippen molar-refractivity contribution in [2.24, 2.45) is 0 Å². The lowest BCUT2D eigenvalue weighted by Gasteiger charge is -2.13. The number of rotatable bonds is 6. The molecule has 0 bridgehead atoms. The van der Waals surface area contributed by atoms with Crippen molar-refractivity contribution in [1.29, 1.82) is 0 Å². The molecule has 0 aliphatic heterocycles. The number of anilines is 1. The molecule has 0 saturated carbocycles. The van der Waals surface area contributed by atoms with E-state index in [0.29, 0.717) is 23.1 Å². The predicted octanol–water partition coefficient (Wildman–Crippen LogP) is 2.86. The van der Waals surface area contributed by atoms with Crippen molar-refractivity contribution in [2.75, 3.05) is 19.0 Å². The number of halogens is 1. The number of nitrogens with zero attached hydrogens (tertiary/aromatic N) is 1. The molecule has 6 nitrogen and oxygen atoms in total. The standard InChI is InChI=1S/C17H19ClN2O4/c1-4-24-14-6-5-7-20(17(14)22)10-16(21)19-13-8-11(2)12(18)9-15(13)23-3/h5-9H,4,10H2,1-3H3,(H,19,21). The summed E-state index contributed by atoms with van der Waals surface area (Å²) in [6.45, 7) is 3.86. The van der Waals surface area contributed by atoms with Crippen LogP contribution in [0.2, 0.25) is 5.02 Å². The van der Waals surface area contributed by atoms with Crippen molar-refractivity contribution in [1.82, 2.24) is 4.57 Å². The second kappa shape index (κ2) is 7.88. The van der Waals surface area contributed by atoms with Crippen molar-refractivity contribution in [2.45, 2.75) is 20.4 Å². The van der Waals surface area contributed by atoms with E-state index < -0.39 is 0 Å². The minimum absolute atomic E-state index is 0.134. The van der Waals surface area contributed by atoms with Gasteiger partial charge in [-0.25, -0.2) is 0 Å². The molecule has 1 heterocycles. The van der Waals surface area contributed by atoms with Crippen LogP contribution in [0.5, 0.6) is 11.5 Å². The molecule has 0 fully saturated rings. The number of aryl methyl sites for hydroxylation is 1. The first kappa shape index (κ1) is 17.9. The van der Waals surface area contributed by atoms with E-state index in [4.69, 9.17) is 21.1 Å². The zero-order valence-corrected chi connectivity index (χ0v) is 14.5. The molecule has 0 aliphatic rings. The Kier molecular flexibility index (Phi) is 5.87. The first-order valence-corrected chi connectivity index (χ1v) is 7.80. The number of pyridine rings is 1. The van der Waals surface area contributed by atoms with Gasteiger partial charge in [-0.3, -0.25) is 9.59 Å². The summed E-state index contributed by atoms with van der Waals surface area (Å²) >= 11 is 6.05. The van der Waals surface area contributed by atoms with E-state index in [0.717, 1.165) is 5.56 Å². The first-order valence-electron chi connectivity index (χ1n) is 7.42. The number of ether oxygens (including phenoxy) is 2. The molecule has 0 aliphatic carbocycles. The molecule has 2 rings (SSSR count).